The van der Waals surface area contributed by atoms with Gasteiger partial charge in [0, 0.05) is 13.0 Å². The normalized spacial score (nSPS) is 23.0. The first-order valence-electron chi connectivity index (χ1n) is 6.88. The van der Waals surface area contributed by atoms with E-state index in [0.29, 0.717) is 13.0 Å². The number of aromatic hydroxyl groups is 1. The van der Waals surface area contributed by atoms with Gasteiger partial charge in [0.15, 0.2) is 0 Å². The van der Waals surface area contributed by atoms with Crippen molar-refractivity contribution in [3.05, 3.63) is 29.8 Å². The molecule has 1 fully saturated rings. The number of carbonyl (C=O) groups is 1. The van der Waals surface area contributed by atoms with E-state index in [4.69, 9.17) is 0 Å². The molecule has 2 rings (SSSR count). The van der Waals surface area contributed by atoms with Gasteiger partial charge < -0.3 is 15.5 Å². The fourth-order valence-electron chi connectivity index (χ4n) is 2.60. The molecule has 0 unspecified atom stereocenters. The molecule has 0 aromatic heterocycles. The molecule has 0 radical (unpaired) electrons. The molecule has 0 spiro atoms. The largest absolute Gasteiger partial charge is 0.508 e. The van der Waals surface area contributed by atoms with Gasteiger partial charge in [-0.2, -0.15) is 0 Å². The number of nitrogens with one attached hydrogen (secondary N) is 1. The topological polar surface area (TPSA) is 69.6 Å². The minimum Gasteiger partial charge on any atom is -0.508 e. The average molecular weight is 263 g/mol. The Labute approximate surface area is 113 Å². The first kappa shape index (κ1) is 13.9. The molecule has 0 saturated heterocycles. The van der Waals surface area contributed by atoms with Crippen LogP contribution in [-0.2, 0) is 11.3 Å². The van der Waals surface area contributed by atoms with Gasteiger partial charge in [-0.3, -0.25) is 4.79 Å². The molecule has 1 aromatic carbocycles. The number of hydrogen-bond acceptors (Lipinski definition) is 3. The van der Waals surface area contributed by atoms with Crippen LogP contribution in [0.15, 0.2) is 24.3 Å². The van der Waals surface area contributed by atoms with E-state index in [1.54, 1.807) is 18.2 Å². The Morgan fingerprint density at radius 3 is 2.84 bits per heavy atom. The average Bonchev–Trinajstić information content (AvgIpc) is 2.39. The molecule has 0 bridgehead atoms. The van der Waals surface area contributed by atoms with Crippen molar-refractivity contribution in [1.29, 1.82) is 0 Å². The van der Waals surface area contributed by atoms with Crippen molar-refractivity contribution in [2.75, 3.05) is 0 Å². The van der Waals surface area contributed by atoms with E-state index >= 15 is 0 Å². The van der Waals surface area contributed by atoms with E-state index in [0.717, 1.165) is 31.2 Å². The molecule has 104 valence electrons. The molecule has 4 heteroatoms. The molecule has 1 saturated carbocycles. The van der Waals surface area contributed by atoms with Crippen molar-refractivity contribution in [2.45, 2.75) is 44.8 Å². The van der Waals surface area contributed by atoms with Crippen LogP contribution >= 0.6 is 0 Å². The van der Waals surface area contributed by atoms with Crippen molar-refractivity contribution in [1.82, 2.24) is 5.32 Å². The molecule has 0 aliphatic heterocycles. The molecule has 1 amide bonds. The number of carbonyl (C=O) groups excluding carboxylic acids is 1. The highest BCUT2D eigenvalue weighted by atomic mass is 16.3. The molecule has 19 heavy (non-hydrogen) atoms. The van der Waals surface area contributed by atoms with E-state index in [2.05, 4.69) is 5.32 Å². The molecule has 3 N–H and O–H groups in total. The van der Waals surface area contributed by atoms with Crippen LogP contribution in [-0.4, -0.2) is 22.2 Å². The predicted octanol–water partition coefficient (Wildman–Crippen LogP) is 1.95. The molecule has 1 aliphatic carbocycles. The monoisotopic (exact) mass is 263 g/mol. The summed E-state index contributed by atoms with van der Waals surface area (Å²) in [6, 6.07) is 6.84. The zero-order chi connectivity index (χ0) is 13.7. The summed E-state index contributed by atoms with van der Waals surface area (Å²) in [6.45, 7) is 0.413. The predicted molar refractivity (Wildman–Crippen MR) is 72.5 cm³/mol. The van der Waals surface area contributed by atoms with Crippen molar-refractivity contribution in [3.8, 4) is 5.75 Å². The summed E-state index contributed by atoms with van der Waals surface area (Å²) in [5.41, 5.74) is 0.873. The number of rotatable bonds is 4. The lowest BCUT2D eigenvalue weighted by atomic mass is 9.84. The number of phenols is 1. The summed E-state index contributed by atoms with van der Waals surface area (Å²) in [7, 11) is 0. The maximum absolute atomic E-state index is 11.8. The van der Waals surface area contributed by atoms with Gasteiger partial charge in [-0.25, -0.2) is 0 Å². The first-order chi connectivity index (χ1) is 9.15. The van der Waals surface area contributed by atoms with Gasteiger partial charge in [0.25, 0.3) is 0 Å². The van der Waals surface area contributed by atoms with E-state index in [1.807, 2.05) is 6.07 Å². The third-order valence-electron chi connectivity index (χ3n) is 3.72. The highest BCUT2D eigenvalue weighted by Crippen LogP contribution is 2.26. The second-order valence-electron chi connectivity index (χ2n) is 5.26. The van der Waals surface area contributed by atoms with Gasteiger partial charge in [-0.15, -0.1) is 0 Å². The fourth-order valence-corrected chi connectivity index (χ4v) is 2.60. The number of amides is 1. The minimum absolute atomic E-state index is 0.0331. The Kier molecular flexibility index (Phi) is 4.80. The Morgan fingerprint density at radius 1 is 1.32 bits per heavy atom. The smallest absolute Gasteiger partial charge is 0.220 e. The summed E-state index contributed by atoms with van der Waals surface area (Å²) in [5.74, 6) is 0.265. The van der Waals surface area contributed by atoms with E-state index in [-0.39, 0.29) is 23.7 Å². The Balaban J connectivity index is 1.78. The number of phenolic OH excluding ortho intramolecular Hbond substituents is 1. The quantitative estimate of drug-likeness (QED) is 0.777. The van der Waals surface area contributed by atoms with E-state index < -0.39 is 0 Å². The number of hydrogen-bond donors (Lipinski definition) is 3. The summed E-state index contributed by atoms with van der Waals surface area (Å²) in [4.78, 5) is 11.8. The molecule has 4 nitrogen and oxygen atoms in total. The van der Waals surface area contributed by atoms with E-state index in [9.17, 15) is 15.0 Å². The summed E-state index contributed by atoms with van der Waals surface area (Å²) >= 11 is 0. The number of aliphatic hydroxyl groups is 1. The van der Waals surface area contributed by atoms with Crippen LogP contribution in [0.4, 0.5) is 0 Å². The van der Waals surface area contributed by atoms with Gasteiger partial charge in [0.2, 0.25) is 5.91 Å². The summed E-state index contributed by atoms with van der Waals surface area (Å²) in [5, 5.41) is 22.0. The molecule has 0 heterocycles. The maximum atomic E-state index is 11.8. The van der Waals surface area contributed by atoms with Crippen molar-refractivity contribution < 1.29 is 15.0 Å². The van der Waals surface area contributed by atoms with Gasteiger partial charge in [0.1, 0.15) is 5.75 Å². The van der Waals surface area contributed by atoms with Crippen molar-refractivity contribution >= 4 is 5.91 Å². The fraction of sp³-hybridized carbons (Fsp3) is 0.533. The lowest BCUT2D eigenvalue weighted by molar-refractivity contribution is -0.123. The Hall–Kier alpha value is -1.55. The third-order valence-corrected chi connectivity index (χ3v) is 3.72. The zero-order valence-corrected chi connectivity index (χ0v) is 11.0. The molecule has 2 atom stereocenters. The second kappa shape index (κ2) is 6.57. The Morgan fingerprint density at radius 2 is 2.11 bits per heavy atom. The van der Waals surface area contributed by atoms with Gasteiger partial charge in [-0.1, -0.05) is 25.0 Å². The van der Waals surface area contributed by atoms with Crippen LogP contribution in [0.3, 0.4) is 0 Å². The van der Waals surface area contributed by atoms with Crippen LogP contribution in [0.5, 0.6) is 5.75 Å². The maximum Gasteiger partial charge on any atom is 0.220 e. The summed E-state index contributed by atoms with van der Waals surface area (Å²) < 4.78 is 0. The van der Waals surface area contributed by atoms with Crippen LogP contribution in [0, 0.1) is 5.92 Å². The standard InChI is InChI=1S/C15H21NO3/c17-13-6-3-4-11(8-13)10-16-15(19)9-12-5-1-2-7-14(12)18/h3-4,6,8,12,14,17-18H,1-2,5,7,9-10H2,(H,16,19)/t12-,14+/m0/s1. The Bertz CT molecular complexity index is 433. The van der Waals surface area contributed by atoms with Crippen LogP contribution in [0.25, 0.3) is 0 Å². The zero-order valence-electron chi connectivity index (χ0n) is 11.0. The first-order valence-corrected chi connectivity index (χ1v) is 6.88. The third kappa shape index (κ3) is 4.24. The highest BCUT2D eigenvalue weighted by molar-refractivity contribution is 5.76. The SMILES string of the molecule is O=C(C[C@@H]1CCCC[C@H]1O)NCc1cccc(O)c1. The van der Waals surface area contributed by atoms with Crippen molar-refractivity contribution in [3.63, 3.8) is 0 Å². The molecular formula is C15H21NO3. The van der Waals surface area contributed by atoms with Gasteiger partial charge >= 0.3 is 0 Å². The second-order valence-corrected chi connectivity index (χ2v) is 5.26. The van der Waals surface area contributed by atoms with Crippen LogP contribution < -0.4 is 5.32 Å². The lowest BCUT2D eigenvalue weighted by Gasteiger charge is -2.26. The number of benzene rings is 1. The van der Waals surface area contributed by atoms with Gasteiger partial charge in [0.05, 0.1) is 6.10 Å². The van der Waals surface area contributed by atoms with Crippen molar-refractivity contribution in [2.24, 2.45) is 5.92 Å². The van der Waals surface area contributed by atoms with E-state index in [1.165, 1.54) is 0 Å². The molecule has 1 aromatic rings. The highest BCUT2D eigenvalue weighted by Gasteiger charge is 2.25. The van der Waals surface area contributed by atoms with Crippen LogP contribution in [0.2, 0.25) is 0 Å². The minimum atomic E-state index is -0.333. The van der Waals surface area contributed by atoms with Crippen LogP contribution in [0.1, 0.15) is 37.7 Å². The number of aliphatic hydroxyl groups excluding tert-OH is 1. The summed E-state index contributed by atoms with van der Waals surface area (Å²) in [6.07, 6.45) is 3.95. The molecular weight excluding hydrogens is 242 g/mol. The van der Waals surface area contributed by atoms with Gasteiger partial charge in [-0.05, 0) is 36.5 Å². The lowest BCUT2D eigenvalue weighted by Crippen LogP contribution is -2.31. The molecule has 1 aliphatic rings.